The maximum Gasteiger partial charge on any atom is 0.333 e. The third-order valence-electron chi connectivity index (χ3n) is 4.88. The lowest BCUT2D eigenvalue weighted by Crippen LogP contribution is -2.41. The minimum Gasteiger partial charge on any atom is -0.497 e. The minimum atomic E-state index is -1.25. The Morgan fingerprint density at radius 2 is 2.07 bits per heavy atom. The highest BCUT2D eigenvalue weighted by molar-refractivity contribution is 5.77. The van der Waals surface area contributed by atoms with Crippen LogP contribution in [0, 0.1) is 0 Å². The van der Waals surface area contributed by atoms with E-state index in [-0.39, 0.29) is 11.2 Å². The van der Waals surface area contributed by atoms with E-state index in [2.05, 4.69) is 4.98 Å². The monoisotopic (exact) mass is 385 g/mol. The number of aryl methyl sites for hydroxylation is 2. The van der Waals surface area contributed by atoms with Crippen molar-refractivity contribution in [3.63, 3.8) is 0 Å². The molecule has 4 rings (SSSR count). The first-order valence-electron chi connectivity index (χ1n) is 8.76. The molecule has 0 spiro atoms. The van der Waals surface area contributed by atoms with E-state index in [1.54, 1.807) is 11.7 Å². The SMILES string of the molecule is COc1cccc(N2CCCn3c2nc2c3c(=O)n(CC(=O)O)c(=O)n2C)c1. The highest BCUT2D eigenvalue weighted by atomic mass is 16.5. The number of anilines is 2. The maximum atomic E-state index is 12.9. The van der Waals surface area contributed by atoms with Gasteiger partial charge < -0.3 is 19.3 Å². The number of aliphatic carboxylic acids is 1. The zero-order chi connectivity index (χ0) is 20.0. The van der Waals surface area contributed by atoms with E-state index in [4.69, 9.17) is 9.84 Å². The molecular formula is C18H19N5O5. The molecule has 3 aromatic rings. The molecule has 146 valence electrons. The normalized spacial score (nSPS) is 13.6. The summed E-state index contributed by atoms with van der Waals surface area (Å²) in [4.78, 5) is 43.0. The molecule has 0 unspecified atom stereocenters. The average Bonchev–Trinajstić information content (AvgIpc) is 3.09. The van der Waals surface area contributed by atoms with Gasteiger partial charge in [0, 0.05) is 31.9 Å². The van der Waals surface area contributed by atoms with Crippen molar-refractivity contribution in [3.05, 3.63) is 45.1 Å². The molecule has 0 bridgehead atoms. The Hall–Kier alpha value is -3.56. The lowest BCUT2D eigenvalue weighted by Gasteiger charge is -2.29. The maximum absolute atomic E-state index is 12.9. The van der Waals surface area contributed by atoms with Crippen molar-refractivity contribution in [2.24, 2.45) is 7.05 Å². The fourth-order valence-electron chi connectivity index (χ4n) is 3.56. The number of carboxylic acid groups (broad SMARTS) is 1. The van der Waals surface area contributed by atoms with Crippen molar-refractivity contribution < 1.29 is 14.6 Å². The molecule has 0 saturated heterocycles. The summed E-state index contributed by atoms with van der Waals surface area (Å²) in [5, 5.41) is 9.06. The summed E-state index contributed by atoms with van der Waals surface area (Å²) >= 11 is 0. The molecule has 10 heteroatoms. The first-order chi connectivity index (χ1) is 13.4. The number of ether oxygens (including phenoxy) is 1. The van der Waals surface area contributed by atoms with Crippen LogP contribution in [0.2, 0.25) is 0 Å². The average molecular weight is 385 g/mol. The molecule has 0 amide bonds. The van der Waals surface area contributed by atoms with Crippen molar-refractivity contribution >= 4 is 28.8 Å². The van der Waals surface area contributed by atoms with Crippen LogP contribution in [0.15, 0.2) is 33.9 Å². The summed E-state index contributed by atoms with van der Waals surface area (Å²) in [5.41, 5.74) is -0.0335. The fraction of sp³-hybridized carbons (Fsp3) is 0.333. The molecule has 3 heterocycles. The Kier molecular flexibility index (Phi) is 4.17. The van der Waals surface area contributed by atoms with E-state index in [9.17, 15) is 14.4 Å². The number of fused-ring (bicyclic) bond motifs is 3. The molecule has 1 aliphatic heterocycles. The Labute approximate surface area is 158 Å². The lowest BCUT2D eigenvalue weighted by molar-refractivity contribution is -0.137. The number of rotatable bonds is 4. The van der Waals surface area contributed by atoms with Gasteiger partial charge in [-0.05, 0) is 18.6 Å². The van der Waals surface area contributed by atoms with Crippen LogP contribution in [-0.2, 0) is 24.9 Å². The molecule has 0 aliphatic carbocycles. The van der Waals surface area contributed by atoms with Gasteiger partial charge in [-0.1, -0.05) is 6.07 Å². The summed E-state index contributed by atoms with van der Waals surface area (Å²) < 4.78 is 8.98. The van der Waals surface area contributed by atoms with E-state index in [0.29, 0.717) is 24.8 Å². The second-order valence-electron chi connectivity index (χ2n) is 6.57. The first kappa shape index (κ1) is 17.8. The minimum absolute atomic E-state index is 0.228. The highest BCUT2D eigenvalue weighted by Gasteiger charge is 2.27. The van der Waals surface area contributed by atoms with Crippen LogP contribution in [0.1, 0.15) is 6.42 Å². The Balaban J connectivity index is 1.97. The lowest BCUT2D eigenvalue weighted by atomic mass is 10.2. The Morgan fingerprint density at radius 1 is 1.29 bits per heavy atom. The predicted molar refractivity (Wildman–Crippen MR) is 101 cm³/mol. The van der Waals surface area contributed by atoms with Gasteiger partial charge in [-0.15, -0.1) is 0 Å². The second-order valence-corrected chi connectivity index (χ2v) is 6.57. The van der Waals surface area contributed by atoms with Gasteiger partial charge in [-0.3, -0.25) is 14.2 Å². The van der Waals surface area contributed by atoms with Crippen LogP contribution in [0.3, 0.4) is 0 Å². The van der Waals surface area contributed by atoms with E-state index in [0.717, 1.165) is 16.7 Å². The van der Waals surface area contributed by atoms with Crippen molar-refractivity contribution in [2.75, 3.05) is 18.6 Å². The van der Waals surface area contributed by atoms with Crippen LogP contribution < -0.4 is 20.9 Å². The number of carboxylic acids is 1. The van der Waals surface area contributed by atoms with Crippen LogP contribution in [0.4, 0.5) is 11.6 Å². The molecule has 28 heavy (non-hydrogen) atoms. The predicted octanol–water partition coefficient (Wildman–Crippen LogP) is 0.532. The van der Waals surface area contributed by atoms with Crippen molar-refractivity contribution in [1.82, 2.24) is 18.7 Å². The van der Waals surface area contributed by atoms with E-state index >= 15 is 0 Å². The summed E-state index contributed by atoms with van der Waals surface area (Å²) in [5.74, 6) is -0.0217. The first-order valence-corrected chi connectivity index (χ1v) is 8.76. The molecular weight excluding hydrogens is 366 g/mol. The highest BCUT2D eigenvalue weighted by Crippen LogP contribution is 2.32. The molecule has 1 N–H and O–H groups in total. The summed E-state index contributed by atoms with van der Waals surface area (Å²) in [6, 6.07) is 7.49. The van der Waals surface area contributed by atoms with Crippen LogP contribution >= 0.6 is 0 Å². The number of nitrogens with zero attached hydrogens (tertiary/aromatic N) is 5. The topological polar surface area (TPSA) is 112 Å². The molecule has 1 aromatic carbocycles. The Morgan fingerprint density at radius 3 is 2.79 bits per heavy atom. The quantitative estimate of drug-likeness (QED) is 0.697. The number of imidazole rings is 1. The summed E-state index contributed by atoms with van der Waals surface area (Å²) in [7, 11) is 3.07. The number of benzene rings is 1. The van der Waals surface area contributed by atoms with Crippen molar-refractivity contribution in [3.8, 4) is 5.75 Å². The van der Waals surface area contributed by atoms with Gasteiger partial charge in [0.05, 0.1) is 7.11 Å². The number of methoxy groups -OCH3 is 1. The van der Waals surface area contributed by atoms with Gasteiger partial charge in [-0.2, -0.15) is 4.98 Å². The molecule has 1 aliphatic rings. The number of carbonyl (C=O) groups is 1. The second kappa shape index (κ2) is 6.55. The number of aromatic nitrogens is 4. The fourth-order valence-corrected chi connectivity index (χ4v) is 3.56. The van der Waals surface area contributed by atoms with Crippen molar-refractivity contribution in [1.29, 1.82) is 0 Å². The van der Waals surface area contributed by atoms with Gasteiger partial charge in [0.15, 0.2) is 11.2 Å². The van der Waals surface area contributed by atoms with Gasteiger partial charge in [0.1, 0.15) is 12.3 Å². The molecule has 0 fully saturated rings. The van der Waals surface area contributed by atoms with Crippen molar-refractivity contribution in [2.45, 2.75) is 19.5 Å². The number of hydrogen-bond acceptors (Lipinski definition) is 6. The van der Waals surface area contributed by atoms with Gasteiger partial charge >= 0.3 is 11.7 Å². The van der Waals surface area contributed by atoms with E-state index < -0.39 is 23.8 Å². The van der Waals surface area contributed by atoms with E-state index in [1.807, 2.05) is 29.2 Å². The smallest absolute Gasteiger partial charge is 0.333 e. The molecule has 0 radical (unpaired) electrons. The molecule has 0 atom stereocenters. The zero-order valence-electron chi connectivity index (χ0n) is 15.5. The largest absolute Gasteiger partial charge is 0.497 e. The van der Waals surface area contributed by atoms with Crippen LogP contribution in [-0.4, -0.2) is 43.4 Å². The standard InChI is InChI=1S/C18H19N5O5/c1-20-15-14(16(26)23(18(20)27)10-13(24)25)22-8-4-7-21(17(22)19-15)11-5-3-6-12(9-11)28-2/h3,5-6,9H,4,7-8,10H2,1-2H3,(H,24,25). The molecule has 2 aromatic heterocycles. The molecule has 10 nitrogen and oxygen atoms in total. The van der Waals surface area contributed by atoms with Gasteiger partial charge in [-0.25, -0.2) is 9.36 Å². The van der Waals surface area contributed by atoms with E-state index in [1.165, 1.54) is 11.6 Å². The summed E-state index contributed by atoms with van der Waals surface area (Å²) in [6.45, 7) is 0.544. The molecule has 0 saturated carbocycles. The third-order valence-corrected chi connectivity index (χ3v) is 4.88. The van der Waals surface area contributed by atoms with Crippen LogP contribution in [0.25, 0.3) is 11.2 Å². The third kappa shape index (κ3) is 2.65. The van der Waals surface area contributed by atoms with Crippen LogP contribution in [0.5, 0.6) is 5.75 Å². The van der Waals surface area contributed by atoms with Gasteiger partial charge in [0.25, 0.3) is 5.56 Å². The number of hydrogen-bond donors (Lipinski definition) is 1. The van der Waals surface area contributed by atoms with Gasteiger partial charge in [0.2, 0.25) is 5.95 Å². The summed E-state index contributed by atoms with van der Waals surface area (Å²) in [6.07, 6.45) is 0.761. The zero-order valence-corrected chi connectivity index (χ0v) is 15.5. The Bertz CT molecular complexity index is 1210.